The molecule has 1 aromatic carbocycles. The number of carboxylic acids is 1. The first-order chi connectivity index (χ1) is 6.02. The lowest BCUT2D eigenvalue weighted by Crippen LogP contribution is -1.99. The molecule has 0 amide bonds. The molecule has 0 aliphatic carbocycles. The monoisotopic (exact) mass is 240 g/mol. The summed E-state index contributed by atoms with van der Waals surface area (Å²) in [6.07, 6.45) is 0. The minimum atomic E-state index is -0.985. The lowest BCUT2D eigenvalue weighted by atomic mass is 10.0. The van der Waals surface area contributed by atoms with Gasteiger partial charge in [0, 0.05) is 4.47 Å². The number of aliphatic carboxylic acids is 1. The Morgan fingerprint density at radius 3 is 2.69 bits per heavy atom. The standard InChI is InChI=1S/C10H9BrO2/c1-6-3-4-8(11)5-9(6)7(2)10(12)13/h3-5H,2H2,1H3,(H,12,13). The minimum absolute atomic E-state index is 0.124. The van der Waals surface area contributed by atoms with E-state index in [0.29, 0.717) is 5.56 Å². The van der Waals surface area contributed by atoms with Gasteiger partial charge in [0.15, 0.2) is 0 Å². The van der Waals surface area contributed by atoms with E-state index in [1.807, 2.05) is 19.1 Å². The summed E-state index contributed by atoms with van der Waals surface area (Å²) in [5, 5.41) is 8.74. The number of halogens is 1. The summed E-state index contributed by atoms with van der Waals surface area (Å²) in [5.41, 5.74) is 1.70. The molecule has 0 unspecified atom stereocenters. The highest BCUT2D eigenvalue weighted by Crippen LogP contribution is 2.21. The molecule has 1 aromatic rings. The van der Waals surface area contributed by atoms with Crippen LogP contribution in [0.15, 0.2) is 29.3 Å². The van der Waals surface area contributed by atoms with Crippen molar-refractivity contribution in [2.24, 2.45) is 0 Å². The molecule has 2 nitrogen and oxygen atoms in total. The normalized spacial score (nSPS) is 9.69. The van der Waals surface area contributed by atoms with E-state index in [-0.39, 0.29) is 5.57 Å². The number of aryl methyl sites for hydroxylation is 1. The first-order valence-electron chi connectivity index (χ1n) is 3.71. The molecule has 1 N–H and O–H groups in total. The Bertz CT molecular complexity index is 369. The summed E-state index contributed by atoms with van der Waals surface area (Å²) >= 11 is 3.28. The van der Waals surface area contributed by atoms with Crippen LogP contribution in [0.25, 0.3) is 5.57 Å². The number of rotatable bonds is 2. The Morgan fingerprint density at radius 2 is 2.15 bits per heavy atom. The fourth-order valence-corrected chi connectivity index (χ4v) is 1.40. The highest BCUT2D eigenvalue weighted by Gasteiger charge is 2.09. The smallest absolute Gasteiger partial charge is 0.335 e. The van der Waals surface area contributed by atoms with Crippen LogP contribution in [0, 0.1) is 6.92 Å². The quantitative estimate of drug-likeness (QED) is 0.808. The van der Waals surface area contributed by atoms with Crippen LogP contribution in [0.1, 0.15) is 11.1 Å². The molecule has 0 spiro atoms. The lowest BCUT2D eigenvalue weighted by molar-refractivity contribution is -0.130. The van der Waals surface area contributed by atoms with Crippen molar-refractivity contribution in [1.29, 1.82) is 0 Å². The molecule has 68 valence electrons. The largest absolute Gasteiger partial charge is 0.478 e. The minimum Gasteiger partial charge on any atom is -0.478 e. The van der Waals surface area contributed by atoms with Gasteiger partial charge in [0.1, 0.15) is 0 Å². The molecule has 0 aliphatic rings. The zero-order valence-electron chi connectivity index (χ0n) is 7.17. The molecule has 1 rings (SSSR count). The second-order valence-electron chi connectivity index (χ2n) is 2.74. The Morgan fingerprint density at radius 1 is 1.54 bits per heavy atom. The maximum absolute atomic E-state index is 10.6. The van der Waals surface area contributed by atoms with Gasteiger partial charge in [0.05, 0.1) is 5.57 Å². The molecule has 0 aromatic heterocycles. The molecule has 0 saturated carbocycles. The summed E-state index contributed by atoms with van der Waals surface area (Å²) in [6, 6.07) is 5.48. The third kappa shape index (κ3) is 2.18. The predicted octanol–water partition coefficient (Wildman–Crippen LogP) is 2.86. The van der Waals surface area contributed by atoms with E-state index in [2.05, 4.69) is 22.5 Å². The van der Waals surface area contributed by atoms with Crippen molar-refractivity contribution in [3.63, 3.8) is 0 Å². The maximum Gasteiger partial charge on any atom is 0.335 e. The average Bonchev–Trinajstić information content (AvgIpc) is 2.08. The summed E-state index contributed by atoms with van der Waals surface area (Å²) in [5.74, 6) is -0.985. The fraction of sp³-hybridized carbons (Fsp3) is 0.100. The molecule has 0 heterocycles. The zero-order chi connectivity index (χ0) is 10.0. The second kappa shape index (κ2) is 3.75. The molecule has 0 saturated heterocycles. The summed E-state index contributed by atoms with van der Waals surface area (Å²) in [7, 11) is 0. The van der Waals surface area contributed by atoms with Crippen LogP contribution in [-0.2, 0) is 4.79 Å². The van der Waals surface area contributed by atoms with Gasteiger partial charge in [0.2, 0.25) is 0 Å². The van der Waals surface area contributed by atoms with E-state index in [4.69, 9.17) is 5.11 Å². The van der Waals surface area contributed by atoms with Crippen LogP contribution < -0.4 is 0 Å². The van der Waals surface area contributed by atoms with Crippen LogP contribution in [0.3, 0.4) is 0 Å². The topological polar surface area (TPSA) is 37.3 Å². The van der Waals surface area contributed by atoms with Crippen LogP contribution in [0.5, 0.6) is 0 Å². The van der Waals surface area contributed by atoms with Crippen LogP contribution >= 0.6 is 15.9 Å². The number of hydrogen-bond donors (Lipinski definition) is 1. The Hall–Kier alpha value is -1.09. The van der Waals surface area contributed by atoms with E-state index < -0.39 is 5.97 Å². The van der Waals surface area contributed by atoms with E-state index in [1.165, 1.54) is 0 Å². The Labute approximate surface area is 85.0 Å². The van der Waals surface area contributed by atoms with Gasteiger partial charge >= 0.3 is 5.97 Å². The van der Waals surface area contributed by atoms with E-state index in [0.717, 1.165) is 10.0 Å². The van der Waals surface area contributed by atoms with E-state index in [9.17, 15) is 4.79 Å². The average molecular weight is 241 g/mol. The van der Waals surface area contributed by atoms with Gasteiger partial charge < -0.3 is 5.11 Å². The van der Waals surface area contributed by atoms with Gasteiger partial charge in [-0.15, -0.1) is 0 Å². The Kier molecular flexibility index (Phi) is 2.88. The molecule has 3 heteroatoms. The first-order valence-corrected chi connectivity index (χ1v) is 4.50. The zero-order valence-corrected chi connectivity index (χ0v) is 8.76. The molecule has 0 fully saturated rings. The molecular weight excluding hydrogens is 232 g/mol. The SMILES string of the molecule is C=C(C(=O)O)c1cc(Br)ccc1C. The molecule has 0 bridgehead atoms. The lowest BCUT2D eigenvalue weighted by Gasteiger charge is -2.05. The van der Waals surface area contributed by atoms with Crippen molar-refractivity contribution in [1.82, 2.24) is 0 Å². The third-order valence-electron chi connectivity index (χ3n) is 1.78. The second-order valence-corrected chi connectivity index (χ2v) is 3.66. The van der Waals surface area contributed by atoms with Crippen molar-refractivity contribution >= 4 is 27.5 Å². The van der Waals surface area contributed by atoms with E-state index >= 15 is 0 Å². The van der Waals surface area contributed by atoms with Gasteiger partial charge in [-0.05, 0) is 30.2 Å². The molecular formula is C10H9BrO2. The fourth-order valence-electron chi connectivity index (χ4n) is 1.03. The summed E-state index contributed by atoms with van der Waals surface area (Å²) < 4.78 is 0.857. The maximum atomic E-state index is 10.6. The van der Waals surface area contributed by atoms with Crippen LogP contribution in [0.4, 0.5) is 0 Å². The number of carboxylic acid groups (broad SMARTS) is 1. The Balaban J connectivity index is 3.21. The van der Waals surface area contributed by atoms with Gasteiger partial charge in [0.25, 0.3) is 0 Å². The molecule has 13 heavy (non-hydrogen) atoms. The molecule has 0 atom stereocenters. The summed E-state index contributed by atoms with van der Waals surface area (Å²) in [6.45, 7) is 5.36. The van der Waals surface area contributed by atoms with Gasteiger partial charge in [-0.25, -0.2) is 4.79 Å². The highest BCUT2D eigenvalue weighted by molar-refractivity contribution is 9.10. The van der Waals surface area contributed by atoms with Crippen LogP contribution in [-0.4, -0.2) is 11.1 Å². The predicted molar refractivity (Wildman–Crippen MR) is 55.5 cm³/mol. The summed E-state index contributed by atoms with van der Waals surface area (Å²) in [4.78, 5) is 10.6. The third-order valence-corrected chi connectivity index (χ3v) is 2.28. The van der Waals surface area contributed by atoms with Crippen molar-refractivity contribution in [3.8, 4) is 0 Å². The number of benzene rings is 1. The first kappa shape index (κ1) is 9.99. The van der Waals surface area contributed by atoms with Crippen molar-refractivity contribution < 1.29 is 9.90 Å². The molecule has 0 aliphatic heterocycles. The highest BCUT2D eigenvalue weighted by atomic mass is 79.9. The number of carbonyl (C=O) groups is 1. The van der Waals surface area contributed by atoms with Crippen molar-refractivity contribution in [3.05, 3.63) is 40.4 Å². The van der Waals surface area contributed by atoms with Gasteiger partial charge in [-0.1, -0.05) is 28.6 Å². The number of hydrogen-bond acceptors (Lipinski definition) is 1. The van der Waals surface area contributed by atoms with Crippen LogP contribution in [0.2, 0.25) is 0 Å². The van der Waals surface area contributed by atoms with Gasteiger partial charge in [-0.3, -0.25) is 0 Å². The van der Waals surface area contributed by atoms with E-state index in [1.54, 1.807) is 6.07 Å². The van der Waals surface area contributed by atoms with Crippen molar-refractivity contribution in [2.75, 3.05) is 0 Å². The van der Waals surface area contributed by atoms with Crippen molar-refractivity contribution in [2.45, 2.75) is 6.92 Å². The van der Waals surface area contributed by atoms with Gasteiger partial charge in [-0.2, -0.15) is 0 Å². The molecule has 0 radical (unpaired) electrons.